The monoisotopic (exact) mass is 374 g/mol. The molecule has 0 unspecified atom stereocenters. The number of piperazine rings is 1. The molecule has 1 saturated heterocycles. The topological polar surface area (TPSA) is 102 Å². The lowest BCUT2D eigenvalue weighted by Gasteiger charge is -2.35. The number of hydrogen-bond donors (Lipinski definition) is 2. The SMILES string of the molecule is C=CC[C@@H](c1cc(C#N)cc([N+](=O)[O-])c1O)N1CCNCC1.Cl.Cl. The molecule has 7 nitrogen and oxygen atoms in total. The Kier molecular flexibility index (Phi) is 9.33. The molecule has 0 amide bonds. The second-order valence-corrected chi connectivity index (χ2v) is 5.13. The zero-order valence-corrected chi connectivity index (χ0v) is 14.6. The molecule has 132 valence electrons. The van der Waals surface area contributed by atoms with Crippen LogP contribution in [0.2, 0.25) is 0 Å². The van der Waals surface area contributed by atoms with Gasteiger partial charge in [0.25, 0.3) is 0 Å². The van der Waals surface area contributed by atoms with Crippen LogP contribution in [0.25, 0.3) is 0 Å². The number of nitriles is 1. The Morgan fingerprint density at radius 3 is 2.58 bits per heavy atom. The first-order valence-corrected chi connectivity index (χ1v) is 7.05. The number of phenolic OH excluding ortho intramolecular Hbond substituents is 1. The van der Waals surface area contributed by atoms with Crippen molar-refractivity contribution in [1.29, 1.82) is 5.26 Å². The van der Waals surface area contributed by atoms with Gasteiger partial charge in [0.1, 0.15) is 0 Å². The van der Waals surface area contributed by atoms with Crippen molar-refractivity contribution in [3.8, 4) is 11.8 Å². The van der Waals surface area contributed by atoms with Crippen LogP contribution in [0.4, 0.5) is 5.69 Å². The van der Waals surface area contributed by atoms with Gasteiger partial charge in [-0.25, -0.2) is 0 Å². The molecule has 1 heterocycles. The first-order valence-electron chi connectivity index (χ1n) is 7.05. The third-order valence-corrected chi connectivity index (χ3v) is 3.79. The Hall–Kier alpha value is -1.85. The Morgan fingerprint density at radius 1 is 1.46 bits per heavy atom. The van der Waals surface area contributed by atoms with Crippen molar-refractivity contribution in [2.75, 3.05) is 26.2 Å². The summed E-state index contributed by atoms with van der Waals surface area (Å²) < 4.78 is 0. The molecular weight excluding hydrogens is 355 g/mol. The second-order valence-electron chi connectivity index (χ2n) is 5.13. The molecule has 1 aliphatic heterocycles. The van der Waals surface area contributed by atoms with Gasteiger partial charge in [-0.15, -0.1) is 31.4 Å². The number of hydrogen-bond acceptors (Lipinski definition) is 6. The van der Waals surface area contributed by atoms with E-state index in [9.17, 15) is 15.2 Å². The van der Waals surface area contributed by atoms with Crippen LogP contribution in [0.5, 0.6) is 5.75 Å². The highest BCUT2D eigenvalue weighted by atomic mass is 35.5. The van der Waals surface area contributed by atoms with Gasteiger partial charge in [0.15, 0.2) is 5.75 Å². The summed E-state index contributed by atoms with van der Waals surface area (Å²) in [7, 11) is 0. The Morgan fingerprint density at radius 2 is 2.08 bits per heavy atom. The van der Waals surface area contributed by atoms with Gasteiger partial charge in [-0.1, -0.05) is 6.08 Å². The van der Waals surface area contributed by atoms with E-state index in [2.05, 4.69) is 16.8 Å². The first-order chi connectivity index (χ1) is 10.6. The Balaban J connectivity index is 0.00000264. The van der Waals surface area contributed by atoms with Gasteiger partial charge in [-0.05, 0) is 12.5 Å². The van der Waals surface area contributed by atoms with Crippen molar-refractivity contribution >= 4 is 30.5 Å². The van der Waals surface area contributed by atoms with Crippen molar-refractivity contribution in [1.82, 2.24) is 10.2 Å². The van der Waals surface area contributed by atoms with Crippen LogP contribution in [0.3, 0.4) is 0 Å². The molecule has 24 heavy (non-hydrogen) atoms. The second kappa shape index (κ2) is 10.1. The molecule has 0 aromatic heterocycles. The predicted octanol–water partition coefficient (Wildman–Crippen LogP) is 2.54. The summed E-state index contributed by atoms with van der Waals surface area (Å²) in [5.74, 6) is -0.366. The molecule has 1 aromatic rings. The number of benzene rings is 1. The molecule has 0 saturated carbocycles. The fraction of sp³-hybridized carbons (Fsp3) is 0.400. The normalized spacial score (nSPS) is 15.3. The number of nitrogens with one attached hydrogen (secondary N) is 1. The van der Waals surface area contributed by atoms with E-state index in [1.165, 1.54) is 6.07 Å². The molecule has 2 rings (SSSR count). The highest BCUT2D eigenvalue weighted by Crippen LogP contribution is 2.38. The summed E-state index contributed by atoms with van der Waals surface area (Å²) in [6, 6.07) is 4.31. The zero-order chi connectivity index (χ0) is 16.1. The maximum atomic E-state index is 11.1. The highest BCUT2D eigenvalue weighted by Gasteiger charge is 2.28. The van der Waals surface area contributed by atoms with Crippen LogP contribution in [0, 0.1) is 21.4 Å². The summed E-state index contributed by atoms with van der Waals surface area (Å²) in [5.41, 5.74) is 0.148. The molecule has 0 radical (unpaired) electrons. The predicted molar refractivity (Wildman–Crippen MR) is 96.0 cm³/mol. The fourth-order valence-corrected chi connectivity index (χ4v) is 2.72. The number of nitro benzene ring substituents is 1. The maximum Gasteiger partial charge on any atom is 0.312 e. The van der Waals surface area contributed by atoms with E-state index >= 15 is 0 Å². The Bertz CT molecular complexity index is 628. The molecule has 9 heteroatoms. The molecular formula is C15H20Cl2N4O3. The highest BCUT2D eigenvalue weighted by molar-refractivity contribution is 5.85. The van der Waals surface area contributed by atoms with E-state index in [1.807, 2.05) is 6.07 Å². The minimum atomic E-state index is -0.664. The molecule has 1 aromatic carbocycles. The molecule has 0 spiro atoms. The van der Waals surface area contributed by atoms with Crippen molar-refractivity contribution < 1.29 is 10.0 Å². The maximum absolute atomic E-state index is 11.1. The van der Waals surface area contributed by atoms with Crippen molar-refractivity contribution in [2.45, 2.75) is 12.5 Å². The summed E-state index contributed by atoms with van der Waals surface area (Å²) in [5, 5.41) is 33.7. The zero-order valence-electron chi connectivity index (χ0n) is 13.0. The van der Waals surface area contributed by atoms with E-state index in [-0.39, 0.29) is 42.2 Å². The quantitative estimate of drug-likeness (QED) is 0.466. The standard InChI is InChI=1S/C15H18N4O3.2ClH/c1-2-3-13(18-6-4-17-5-7-18)12-8-11(10-16)9-14(15(12)20)19(21)22;;/h2,8-9,13,17,20H,1,3-7H2;2*1H/t13-;;/m0../s1. The minimum Gasteiger partial charge on any atom is -0.502 e. The van der Waals surface area contributed by atoms with Crippen LogP contribution < -0.4 is 5.32 Å². The number of nitrogens with zero attached hydrogens (tertiary/aromatic N) is 3. The largest absolute Gasteiger partial charge is 0.502 e. The number of phenols is 1. The third kappa shape index (κ3) is 4.82. The van der Waals surface area contributed by atoms with E-state index in [0.717, 1.165) is 32.2 Å². The number of nitro groups is 1. The van der Waals surface area contributed by atoms with Gasteiger partial charge in [0, 0.05) is 43.9 Å². The van der Waals surface area contributed by atoms with Gasteiger partial charge >= 0.3 is 5.69 Å². The lowest BCUT2D eigenvalue weighted by Crippen LogP contribution is -2.45. The lowest BCUT2D eigenvalue weighted by atomic mass is 9.97. The average Bonchev–Trinajstić information content (AvgIpc) is 2.53. The smallest absolute Gasteiger partial charge is 0.312 e. The van der Waals surface area contributed by atoms with Crippen LogP contribution >= 0.6 is 24.8 Å². The van der Waals surface area contributed by atoms with Gasteiger partial charge in [0.05, 0.1) is 16.6 Å². The number of halogens is 2. The average molecular weight is 375 g/mol. The van der Waals surface area contributed by atoms with Gasteiger partial charge in [0.2, 0.25) is 0 Å². The van der Waals surface area contributed by atoms with E-state index in [1.54, 1.807) is 6.08 Å². The molecule has 0 bridgehead atoms. The molecule has 1 atom stereocenters. The van der Waals surface area contributed by atoms with Crippen molar-refractivity contribution in [2.24, 2.45) is 0 Å². The number of aromatic hydroxyl groups is 1. The summed E-state index contributed by atoms with van der Waals surface area (Å²) in [6.45, 7) is 6.89. The van der Waals surface area contributed by atoms with Crippen LogP contribution in [-0.2, 0) is 0 Å². The molecule has 1 aliphatic rings. The summed E-state index contributed by atoms with van der Waals surface area (Å²) in [4.78, 5) is 12.6. The van der Waals surface area contributed by atoms with E-state index in [4.69, 9.17) is 5.26 Å². The van der Waals surface area contributed by atoms with E-state index in [0.29, 0.717) is 12.0 Å². The fourth-order valence-electron chi connectivity index (χ4n) is 2.72. The first kappa shape index (κ1) is 22.1. The van der Waals surface area contributed by atoms with E-state index < -0.39 is 10.6 Å². The summed E-state index contributed by atoms with van der Waals surface area (Å²) >= 11 is 0. The van der Waals surface area contributed by atoms with Crippen molar-refractivity contribution in [3.63, 3.8) is 0 Å². The molecule has 1 fully saturated rings. The van der Waals surface area contributed by atoms with Crippen molar-refractivity contribution in [3.05, 3.63) is 46.0 Å². The van der Waals surface area contributed by atoms with Crippen LogP contribution in [-0.4, -0.2) is 41.1 Å². The van der Waals surface area contributed by atoms with Crippen LogP contribution in [0.1, 0.15) is 23.6 Å². The van der Waals surface area contributed by atoms with Gasteiger partial charge in [-0.3, -0.25) is 15.0 Å². The molecule has 2 N–H and O–H groups in total. The molecule has 0 aliphatic carbocycles. The lowest BCUT2D eigenvalue weighted by molar-refractivity contribution is -0.386. The summed E-state index contributed by atoms with van der Waals surface area (Å²) in [6.07, 6.45) is 2.26. The third-order valence-electron chi connectivity index (χ3n) is 3.79. The Labute approximate surface area is 152 Å². The van der Waals surface area contributed by atoms with Gasteiger partial charge in [-0.2, -0.15) is 5.26 Å². The number of rotatable bonds is 5. The minimum absolute atomic E-state index is 0. The van der Waals surface area contributed by atoms with Crippen LogP contribution in [0.15, 0.2) is 24.8 Å². The van der Waals surface area contributed by atoms with Gasteiger partial charge < -0.3 is 10.4 Å².